The number of amides is 2. The lowest BCUT2D eigenvalue weighted by atomic mass is 10.1. The second kappa shape index (κ2) is 8.60. The van der Waals surface area contributed by atoms with Gasteiger partial charge in [0.15, 0.2) is 0 Å². The molecular formula is C22H23N3O4. The molecule has 0 spiro atoms. The average molecular weight is 393 g/mol. The molecule has 2 amide bonds. The van der Waals surface area contributed by atoms with Crippen LogP contribution >= 0.6 is 0 Å². The summed E-state index contributed by atoms with van der Waals surface area (Å²) in [7, 11) is 1.49. The van der Waals surface area contributed by atoms with E-state index in [1.165, 1.54) is 11.6 Å². The van der Waals surface area contributed by atoms with Gasteiger partial charge in [0.05, 0.1) is 16.8 Å². The summed E-state index contributed by atoms with van der Waals surface area (Å²) in [6.45, 7) is 2.45. The second-order valence-corrected chi connectivity index (χ2v) is 6.63. The van der Waals surface area contributed by atoms with Crippen LogP contribution in [0.15, 0.2) is 53.3 Å². The fourth-order valence-corrected chi connectivity index (χ4v) is 3.24. The summed E-state index contributed by atoms with van der Waals surface area (Å²) in [6, 6.07) is 13.4. The van der Waals surface area contributed by atoms with E-state index in [1.54, 1.807) is 48.5 Å². The number of aryl methyl sites for hydroxylation is 1. The molecule has 3 rings (SSSR count). The van der Waals surface area contributed by atoms with Crippen molar-refractivity contribution in [3.05, 3.63) is 70.0 Å². The highest BCUT2D eigenvalue weighted by Gasteiger charge is 2.23. The van der Waals surface area contributed by atoms with Gasteiger partial charge in [0.25, 0.3) is 17.4 Å². The van der Waals surface area contributed by atoms with Crippen LogP contribution in [0.4, 0.5) is 5.69 Å². The molecule has 0 aliphatic heterocycles. The number of anilines is 1. The number of benzene rings is 2. The number of hydrogen-bond acceptors (Lipinski definition) is 4. The molecule has 3 aromatic rings. The van der Waals surface area contributed by atoms with Crippen LogP contribution in [0.3, 0.4) is 0 Å². The highest BCUT2D eigenvalue weighted by atomic mass is 16.3. The lowest BCUT2D eigenvalue weighted by molar-refractivity contribution is 0.0964. The van der Waals surface area contributed by atoms with E-state index in [-0.39, 0.29) is 28.5 Å². The molecule has 7 heteroatoms. The molecule has 0 atom stereocenters. The maximum absolute atomic E-state index is 13.1. The lowest BCUT2D eigenvalue weighted by Gasteiger charge is -2.15. The highest BCUT2D eigenvalue weighted by Crippen LogP contribution is 2.27. The van der Waals surface area contributed by atoms with E-state index in [9.17, 15) is 19.5 Å². The number of nitrogens with zero attached hydrogens (tertiary/aromatic N) is 1. The molecule has 150 valence electrons. The monoisotopic (exact) mass is 393 g/mol. The molecular weight excluding hydrogens is 370 g/mol. The Balaban J connectivity index is 2.12. The smallest absolute Gasteiger partial charge is 0.267 e. The number of rotatable bonds is 6. The number of unbranched alkanes of at least 4 members (excludes halogenated alkanes) is 1. The van der Waals surface area contributed by atoms with Crippen molar-refractivity contribution >= 4 is 28.4 Å². The van der Waals surface area contributed by atoms with Crippen molar-refractivity contribution in [1.82, 2.24) is 9.88 Å². The van der Waals surface area contributed by atoms with E-state index in [0.29, 0.717) is 17.4 Å². The third kappa shape index (κ3) is 3.85. The van der Waals surface area contributed by atoms with Crippen molar-refractivity contribution in [2.24, 2.45) is 0 Å². The average Bonchev–Trinajstić information content (AvgIpc) is 2.73. The predicted molar refractivity (Wildman–Crippen MR) is 113 cm³/mol. The third-order valence-corrected chi connectivity index (χ3v) is 4.76. The van der Waals surface area contributed by atoms with Gasteiger partial charge in [0.2, 0.25) is 0 Å². The lowest BCUT2D eigenvalue weighted by Crippen LogP contribution is -2.30. The maximum Gasteiger partial charge on any atom is 0.267 e. The minimum Gasteiger partial charge on any atom is -0.506 e. The van der Waals surface area contributed by atoms with Crippen molar-refractivity contribution < 1.29 is 14.7 Å². The van der Waals surface area contributed by atoms with Crippen LogP contribution < -0.4 is 16.2 Å². The van der Waals surface area contributed by atoms with Crippen molar-refractivity contribution in [3.63, 3.8) is 0 Å². The summed E-state index contributed by atoms with van der Waals surface area (Å²) in [6.07, 6.45) is 1.64. The Bertz CT molecular complexity index is 1130. The third-order valence-electron chi connectivity index (χ3n) is 4.76. The number of fused-ring (bicyclic) bond motifs is 1. The van der Waals surface area contributed by atoms with Crippen LogP contribution in [0.1, 0.15) is 40.5 Å². The number of para-hydroxylation sites is 2. The van der Waals surface area contributed by atoms with Crippen LogP contribution in [-0.2, 0) is 6.54 Å². The number of hydrogen-bond donors (Lipinski definition) is 3. The minimum absolute atomic E-state index is 0.254. The van der Waals surface area contributed by atoms with Gasteiger partial charge in [-0.05, 0) is 30.7 Å². The van der Waals surface area contributed by atoms with Crippen LogP contribution in [0.5, 0.6) is 5.75 Å². The number of carbonyl (C=O) groups excluding carboxylic acids is 2. The Morgan fingerprint density at radius 2 is 1.72 bits per heavy atom. The molecule has 2 aromatic carbocycles. The summed E-state index contributed by atoms with van der Waals surface area (Å²) in [5.74, 6) is -1.50. The Hall–Kier alpha value is -3.61. The number of nitrogens with one attached hydrogen (secondary N) is 2. The molecule has 0 aliphatic carbocycles. The van der Waals surface area contributed by atoms with Crippen LogP contribution in [0, 0.1) is 0 Å². The predicted octanol–water partition coefficient (Wildman–Crippen LogP) is 3.12. The van der Waals surface area contributed by atoms with Crippen molar-refractivity contribution in [1.29, 1.82) is 0 Å². The Morgan fingerprint density at radius 3 is 2.45 bits per heavy atom. The standard InChI is InChI=1S/C22H23N3O4/c1-3-4-13-25-17-12-8-6-10-15(17)19(26)18(22(25)29)21(28)24-16-11-7-5-9-14(16)20(27)23-2/h5-12,26H,3-4,13H2,1-2H3,(H,23,27)(H,24,28). The van der Waals surface area contributed by atoms with Crippen molar-refractivity contribution in [2.75, 3.05) is 12.4 Å². The van der Waals surface area contributed by atoms with Crippen LogP contribution in [0.25, 0.3) is 10.9 Å². The van der Waals surface area contributed by atoms with Crippen LogP contribution in [0.2, 0.25) is 0 Å². The normalized spacial score (nSPS) is 10.7. The summed E-state index contributed by atoms with van der Waals surface area (Å²) >= 11 is 0. The van der Waals surface area contributed by atoms with Crippen molar-refractivity contribution in [3.8, 4) is 5.75 Å². The molecule has 0 bridgehead atoms. The first-order valence-electron chi connectivity index (χ1n) is 9.46. The summed E-state index contributed by atoms with van der Waals surface area (Å²) in [4.78, 5) is 38.1. The number of aromatic nitrogens is 1. The topological polar surface area (TPSA) is 100 Å². The Labute approximate surface area is 168 Å². The molecule has 3 N–H and O–H groups in total. The molecule has 1 heterocycles. The van der Waals surface area contributed by atoms with E-state index < -0.39 is 11.5 Å². The zero-order valence-electron chi connectivity index (χ0n) is 16.4. The molecule has 0 aliphatic rings. The summed E-state index contributed by atoms with van der Waals surface area (Å²) in [5.41, 5.74) is 0.181. The van der Waals surface area contributed by atoms with E-state index in [4.69, 9.17) is 0 Å². The van der Waals surface area contributed by atoms with Gasteiger partial charge in [0, 0.05) is 19.0 Å². The van der Waals surface area contributed by atoms with Gasteiger partial charge in [-0.25, -0.2) is 0 Å². The molecule has 0 saturated heterocycles. The largest absolute Gasteiger partial charge is 0.506 e. The molecule has 1 aromatic heterocycles. The summed E-state index contributed by atoms with van der Waals surface area (Å²) in [5, 5.41) is 16.2. The summed E-state index contributed by atoms with van der Waals surface area (Å²) < 4.78 is 1.51. The van der Waals surface area contributed by atoms with Gasteiger partial charge in [-0.15, -0.1) is 0 Å². The molecule has 0 fully saturated rings. The molecule has 29 heavy (non-hydrogen) atoms. The Kier molecular flexibility index (Phi) is 5.97. The maximum atomic E-state index is 13.1. The number of pyridine rings is 1. The Morgan fingerprint density at radius 1 is 1.03 bits per heavy atom. The molecule has 0 saturated carbocycles. The quantitative estimate of drug-likeness (QED) is 0.599. The van der Waals surface area contributed by atoms with Crippen molar-refractivity contribution in [2.45, 2.75) is 26.3 Å². The first kappa shape index (κ1) is 20.1. The molecule has 7 nitrogen and oxygen atoms in total. The number of aromatic hydroxyl groups is 1. The fraction of sp³-hybridized carbons (Fsp3) is 0.227. The van der Waals surface area contributed by atoms with E-state index in [1.807, 2.05) is 6.92 Å². The molecule has 0 unspecified atom stereocenters. The van der Waals surface area contributed by atoms with Gasteiger partial charge in [-0.2, -0.15) is 0 Å². The van der Waals surface area contributed by atoms with Gasteiger partial charge in [-0.3, -0.25) is 14.4 Å². The van der Waals surface area contributed by atoms with E-state index in [0.717, 1.165) is 12.8 Å². The van der Waals surface area contributed by atoms with Crippen LogP contribution in [-0.4, -0.2) is 28.5 Å². The second-order valence-electron chi connectivity index (χ2n) is 6.63. The SMILES string of the molecule is CCCCn1c(=O)c(C(=O)Nc2ccccc2C(=O)NC)c(O)c2ccccc21. The highest BCUT2D eigenvalue weighted by molar-refractivity contribution is 6.11. The van der Waals surface area contributed by atoms with E-state index >= 15 is 0 Å². The van der Waals surface area contributed by atoms with Gasteiger partial charge >= 0.3 is 0 Å². The minimum atomic E-state index is -0.764. The number of carbonyl (C=O) groups is 2. The molecule has 0 radical (unpaired) electrons. The van der Waals surface area contributed by atoms with Gasteiger partial charge < -0.3 is 20.3 Å². The van der Waals surface area contributed by atoms with E-state index in [2.05, 4.69) is 10.6 Å². The van der Waals surface area contributed by atoms with Gasteiger partial charge in [-0.1, -0.05) is 37.6 Å². The zero-order chi connectivity index (χ0) is 21.0. The first-order valence-corrected chi connectivity index (χ1v) is 9.46. The van der Waals surface area contributed by atoms with Gasteiger partial charge in [0.1, 0.15) is 11.3 Å². The zero-order valence-corrected chi connectivity index (χ0v) is 16.4. The first-order chi connectivity index (χ1) is 14.0. The fourth-order valence-electron chi connectivity index (χ4n) is 3.24.